The van der Waals surface area contributed by atoms with E-state index in [2.05, 4.69) is 32.4 Å². The van der Waals surface area contributed by atoms with Gasteiger partial charge >= 0.3 is 6.03 Å². The van der Waals surface area contributed by atoms with Crippen molar-refractivity contribution in [3.05, 3.63) is 71.0 Å². The van der Waals surface area contributed by atoms with Crippen LogP contribution in [0.3, 0.4) is 0 Å². The van der Waals surface area contributed by atoms with E-state index in [0.717, 1.165) is 21.9 Å². The van der Waals surface area contributed by atoms with Gasteiger partial charge in [-0.1, -0.05) is 35.5 Å². The number of anilines is 1. The van der Waals surface area contributed by atoms with Crippen LogP contribution in [0, 0.1) is 18.8 Å². The molecule has 136 valence electrons. The molecule has 0 aliphatic heterocycles. The number of para-hydroxylation sites is 1. The third kappa shape index (κ3) is 5.83. The zero-order valence-electron chi connectivity index (χ0n) is 14.7. The first-order valence-electron chi connectivity index (χ1n) is 8.33. The van der Waals surface area contributed by atoms with E-state index in [0.29, 0.717) is 18.3 Å². The fourth-order valence-corrected chi connectivity index (χ4v) is 2.94. The number of nitrogens with zero attached hydrogens (tertiary/aromatic N) is 2. The van der Waals surface area contributed by atoms with Crippen molar-refractivity contribution in [3.8, 4) is 17.6 Å². The molecular weight excluding hydrogens is 360 g/mol. The van der Waals surface area contributed by atoms with Crippen LogP contribution in [0.1, 0.15) is 16.1 Å². The monoisotopic (exact) mass is 378 g/mol. The number of benzene rings is 1. The summed E-state index contributed by atoms with van der Waals surface area (Å²) >= 11 is 1.33. The van der Waals surface area contributed by atoms with Crippen molar-refractivity contribution in [1.82, 2.24) is 15.3 Å². The highest BCUT2D eigenvalue weighted by Gasteiger charge is 2.08. The summed E-state index contributed by atoms with van der Waals surface area (Å²) in [5.74, 6) is 6.88. The zero-order valence-corrected chi connectivity index (χ0v) is 15.5. The average molecular weight is 378 g/mol. The standard InChI is InChI=1S/C20H18N4O2S/c1-15-18(10-9-16-6-5-11-21-14-16)27-20(23-15)24-19(25)22-12-13-26-17-7-3-2-4-8-17/h2-8,11,14H,12-13H2,1H3,(H2,22,23,24,25). The first-order chi connectivity index (χ1) is 13.2. The van der Waals surface area contributed by atoms with Gasteiger partial charge in [-0.15, -0.1) is 0 Å². The number of aryl methyl sites for hydroxylation is 1. The highest BCUT2D eigenvalue weighted by atomic mass is 32.1. The Hall–Kier alpha value is -3.37. The van der Waals surface area contributed by atoms with Gasteiger partial charge in [-0.05, 0) is 37.1 Å². The molecule has 2 N–H and O–H groups in total. The summed E-state index contributed by atoms with van der Waals surface area (Å²) in [6.07, 6.45) is 3.40. The topological polar surface area (TPSA) is 76.1 Å². The van der Waals surface area contributed by atoms with Crippen molar-refractivity contribution in [2.24, 2.45) is 0 Å². The summed E-state index contributed by atoms with van der Waals surface area (Å²) < 4.78 is 5.52. The molecule has 0 radical (unpaired) electrons. The Morgan fingerprint density at radius 2 is 2.04 bits per heavy atom. The molecule has 3 aromatic rings. The van der Waals surface area contributed by atoms with E-state index < -0.39 is 0 Å². The van der Waals surface area contributed by atoms with E-state index in [4.69, 9.17) is 4.74 Å². The molecule has 1 aromatic carbocycles. The molecular formula is C20H18N4O2S. The van der Waals surface area contributed by atoms with E-state index in [-0.39, 0.29) is 6.03 Å². The Balaban J connectivity index is 1.48. The lowest BCUT2D eigenvalue weighted by Gasteiger charge is -2.07. The molecule has 0 atom stereocenters. The number of urea groups is 1. The van der Waals surface area contributed by atoms with Crippen molar-refractivity contribution in [3.63, 3.8) is 0 Å². The summed E-state index contributed by atoms with van der Waals surface area (Å²) in [4.78, 5) is 21.1. The van der Waals surface area contributed by atoms with E-state index in [9.17, 15) is 4.79 Å². The normalized spacial score (nSPS) is 9.81. The van der Waals surface area contributed by atoms with Gasteiger partial charge < -0.3 is 10.1 Å². The van der Waals surface area contributed by atoms with Crippen LogP contribution in [0.5, 0.6) is 5.75 Å². The van der Waals surface area contributed by atoms with Crippen LogP contribution in [-0.4, -0.2) is 29.2 Å². The third-order valence-electron chi connectivity index (χ3n) is 3.40. The minimum Gasteiger partial charge on any atom is -0.492 e. The Morgan fingerprint density at radius 1 is 1.19 bits per heavy atom. The number of rotatable bonds is 5. The van der Waals surface area contributed by atoms with Crippen LogP contribution in [-0.2, 0) is 0 Å². The molecule has 0 saturated carbocycles. The summed E-state index contributed by atoms with van der Waals surface area (Å²) in [5, 5.41) is 5.96. The van der Waals surface area contributed by atoms with E-state index >= 15 is 0 Å². The number of amides is 2. The van der Waals surface area contributed by atoms with E-state index in [1.165, 1.54) is 11.3 Å². The number of thiazole rings is 1. The molecule has 0 aliphatic carbocycles. The minimum absolute atomic E-state index is 0.327. The first kappa shape index (κ1) is 18.4. The van der Waals surface area contributed by atoms with Crippen LogP contribution in [0.25, 0.3) is 0 Å². The lowest BCUT2D eigenvalue weighted by Crippen LogP contribution is -2.32. The van der Waals surface area contributed by atoms with Crippen molar-refractivity contribution < 1.29 is 9.53 Å². The Kier molecular flexibility index (Phi) is 6.39. The van der Waals surface area contributed by atoms with Crippen LogP contribution in [0.2, 0.25) is 0 Å². The predicted octanol–water partition coefficient (Wildman–Crippen LogP) is 3.45. The van der Waals surface area contributed by atoms with Gasteiger partial charge in [-0.25, -0.2) is 9.78 Å². The average Bonchev–Trinajstić information content (AvgIpc) is 3.04. The lowest BCUT2D eigenvalue weighted by molar-refractivity contribution is 0.247. The zero-order chi connectivity index (χ0) is 18.9. The number of nitrogens with one attached hydrogen (secondary N) is 2. The van der Waals surface area contributed by atoms with Gasteiger partial charge in [0.15, 0.2) is 5.13 Å². The largest absolute Gasteiger partial charge is 0.492 e. The smallest absolute Gasteiger partial charge is 0.321 e. The van der Waals surface area contributed by atoms with Crippen LogP contribution < -0.4 is 15.4 Å². The molecule has 0 unspecified atom stereocenters. The molecule has 0 spiro atoms. The molecule has 6 nitrogen and oxygen atoms in total. The van der Waals surface area contributed by atoms with Gasteiger partial charge in [0, 0.05) is 18.0 Å². The van der Waals surface area contributed by atoms with Crippen LogP contribution in [0.15, 0.2) is 54.9 Å². The molecule has 0 saturated heterocycles. The molecule has 7 heteroatoms. The number of ether oxygens (including phenoxy) is 1. The fraction of sp³-hybridized carbons (Fsp3) is 0.150. The number of carbonyl (C=O) groups is 1. The molecule has 0 bridgehead atoms. The second kappa shape index (κ2) is 9.36. The predicted molar refractivity (Wildman–Crippen MR) is 106 cm³/mol. The number of hydrogen-bond donors (Lipinski definition) is 2. The summed E-state index contributed by atoms with van der Waals surface area (Å²) in [6.45, 7) is 2.63. The fourth-order valence-electron chi connectivity index (χ4n) is 2.12. The Bertz CT molecular complexity index is 946. The molecule has 0 aliphatic rings. The second-order valence-electron chi connectivity index (χ2n) is 5.47. The van der Waals surface area contributed by atoms with Gasteiger partial charge in [-0.2, -0.15) is 0 Å². The lowest BCUT2D eigenvalue weighted by atomic mass is 10.3. The van der Waals surface area contributed by atoms with Gasteiger partial charge in [0.2, 0.25) is 0 Å². The van der Waals surface area contributed by atoms with Crippen LogP contribution in [0.4, 0.5) is 9.93 Å². The summed E-state index contributed by atoms with van der Waals surface area (Å²) in [6, 6.07) is 12.8. The first-order valence-corrected chi connectivity index (χ1v) is 9.14. The van der Waals surface area contributed by atoms with Crippen LogP contribution >= 0.6 is 11.3 Å². The number of carbonyl (C=O) groups excluding carboxylic acids is 1. The number of pyridine rings is 1. The Labute approximate surface area is 161 Å². The van der Waals surface area contributed by atoms with E-state index in [1.807, 2.05) is 49.4 Å². The molecule has 27 heavy (non-hydrogen) atoms. The Morgan fingerprint density at radius 3 is 2.81 bits per heavy atom. The van der Waals surface area contributed by atoms with Gasteiger partial charge in [0.25, 0.3) is 0 Å². The SMILES string of the molecule is Cc1nc(NC(=O)NCCOc2ccccc2)sc1C#Cc1cccnc1. The highest BCUT2D eigenvalue weighted by molar-refractivity contribution is 7.16. The number of aromatic nitrogens is 2. The third-order valence-corrected chi connectivity index (χ3v) is 4.39. The minimum atomic E-state index is -0.327. The van der Waals surface area contributed by atoms with Crippen molar-refractivity contribution in [2.75, 3.05) is 18.5 Å². The maximum absolute atomic E-state index is 12.0. The maximum Gasteiger partial charge on any atom is 0.321 e. The number of hydrogen-bond acceptors (Lipinski definition) is 5. The van der Waals surface area contributed by atoms with Crippen molar-refractivity contribution >= 4 is 22.5 Å². The molecule has 2 aromatic heterocycles. The van der Waals surface area contributed by atoms with Gasteiger partial charge in [0.1, 0.15) is 17.2 Å². The van der Waals surface area contributed by atoms with Gasteiger partial charge in [0.05, 0.1) is 12.2 Å². The van der Waals surface area contributed by atoms with Crippen molar-refractivity contribution in [1.29, 1.82) is 0 Å². The summed E-state index contributed by atoms with van der Waals surface area (Å²) in [5.41, 5.74) is 1.61. The molecule has 3 rings (SSSR count). The highest BCUT2D eigenvalue weighted by Crippen LogP contribution is 2.21. The van der Waals surface area contributed by atoms with Gasteiger partial charge in [-0.3, -0.25) is 10.3 Å². The molecule has 2 heterocycles. The van der Waals surface area contributed by atoms with E-state index in [1.54, 1.807) is 12.4 Å². The second-order valence-corrected chi connectivity index (χ2v) is 6.47. The van der Waals surface area contributed by atoms with Crippen molar-refractivity contribution in [2.45, 2.75) is 6.92 Å². The maximum atomic E-state index is 12.0. The molecule has 0 fully saturated rings. The quantitative estimate of drug-likeness (QED) is 0.527. The summed E-state index contributed by atoms with van der Waals surface area (Å²) in [7, 11) is 0. The molecule has 2 amide bonds.